The summed E-state index contributed by atoms with van der Waals surface area (Å²) in [6.45, 7) is 3.98. The van der Waals surface area contributed by atoms with E-state index >= 15 is 0 Å². The van der Waals surface area contributed by atoms with E-state index in [1.807, 2.05) is 31.7 Å². The molecule has 0 unspecified atom stereocenters. The van der Waals surface area contributed by atoms with Gasteiger partial charge in [-0.05, 0) is 18.1 Å². The number of hydrogen-bond acceptors (Lipinski definition) is 4. The van der Waals surface area contributed by atoms with Crippen LogP contribution in [0.2, 0.25) is 0 Å². The van der Waals surface area contributed by atoms with Crippen LogP contribution < -0.4 is 10.6 Å². The Hall–Kier alpha value is -2.90. The number of non-ortho nitro benzene ring substituents is 1. The predicted molar refractivity (Wildman–Crippen MR) is 86.0 cm³/mol. The second-order valence-electron chi connectivity index (χ2n) is 5.52. The first-order chi connectivity index (χ1) is 10.9. The van der Waals surface area contributed by atoms with Gasteiger partial charge < -0.3 is 15.2 Å². The molecule has 1 heterocycles. The van der Waals surface area contributed by atoms with Gasteiger partial charge in [0.1, 0.15) is 5.82 Å². The number of nitrogens with one attached hydrogen (secondary N) is 2. The van der Waals surface area contributed by atoms with Crippen LogP contribution in [0.4, 0.5) is 16.2 Å². The molecule has 2 rings (SSSR count). The van der Waals surface area contributed by atoms with E-state index in [4.69, 9.17) is 0 Å². The zero-order chi connectivity index (χ0) is 17.0. The number of aryl methyl sites for hydroxylation is 1. The van der Waals surface area contributed by atoms with Gasteiger partial charge in [-0.1, -0.05) is 13.8 Å². The number of benzene rings is 1. The molecule has 1 aromatic heterocycles. The highest BCUT2D eigenvalue weighted by Gasteiger charge is 2.22. The topological polar surface area (TPSA) is 102 Å². The maximum Gasteiger partial charge on any atom is 0.319 e. The number of urea groups is 1. The molecule has 0 spiro atoms. The first-order valence-corrected chi connectivity index (χ1v) is 7.17. The van der Waals surface area contributed by atoms with Gasteiger partial charge in [-0.15, -0.1) is 0 Å². The van der Waals surface area contributed by atoms with Crippen molar-refractivity contribution >= 4 is 17.4 Å². The second kappa shape index (κ2) is 6.91. The van der Waals surface area contributed by atoms with Crippen LogP contribution in [-0.2, 0) is 7.05 Å². The molecule has 2 N–H and O–H groups in total. The summed E-state index contributed by atoms with van der Waals surface area (Å²) < 4.78 is 1.86. The lowest BCUT2D eigenvalue weighted by molar-refractivity contribution is -0.384. The van der Waals surface area contributed by atoms with Crippen molar-refractivity contribution in [1.29, 1.82) is 0 Å². The quantitative estimate of drug-likeness (QED) is 0.654. The van der Waals surface area contributed by atoms with Gasteiger partial charge in [0.25, 0.3) is 5.69 Å². The van der Waals surface area contributed by atoms with Gasteiger partial charge in [0.2, 0.25) is 0 Å². The number of aromatic nitrogens is 2. The van der Waals surface area contributed by atoms with Crippen molar-refractivity contribution in [3.05, 3.63) is 52.6 Å². The van der Waals surface area contributed by atoms with Gasteiger partial charge in [-0.2, -0.15) is 0 Å². The van der Waals surface area contributed by atoms with Crippen LogP contribution in [0.5, 0.6) is 0 Å². The van der Waals surface area contributed by atoms with Crippen LogP contribution in [0.25, 0.3) is 0 Å². The predicted octanol–water partition coefficient (Wildman–Crippen LogP) is 2.85. The summed E-state index contributed by atoms with van der Waals surface area (Å²) in [5.74, 6) is 0.914. The largest absolute Gasteiger partial charge is 0.336 e. The van der Waals surface area contributed by atoms with Crippen molar-refractivity contribution in [2.75, 3.05) is 5.32 Å². The van der Waals surface area contributed by atoms with Crippen LogP contribution in [0.3, 0.4) is 0 Å². The van der Waals surface area contributed by atoms with Crippen molar-refractivity contribution in [2.45, 2.75) is 19.9 Å². The van der Waals surface area contributed by atoms with Crippen molar-refractivity contribution < 1.29 is 9.72 Å². The van der Waals surface area contributed by atoms with Crippen molar-refractivity contribution in [3.8, 4) is 0 Å². The van der Waals surface area contributed by atoms with Gasteiger partial charge in [0.15, 0.2) is 0 Å². The SMILES string of the molecule is CC(C)[C@@H](NC(=O)Nc1ccc([N+](=O)[O-])cc1)c1nccn1C. The van der Waals surface area contributed by atoms with Gasteiger partial charge in [0.05, 0.1) is 11.0 Å². The Kier molecular flexibility index (Phi) is 4.95. The minimum atomic E-state index is -0.486. The standard InChI is InChI=1S/C15H19N5O3/c1-10(2)13(14-16-8-9-19(14)3)18-15(21)17-11-4-6-12(7-5-11)20(22)23/h4-10,13H,1-3H3,(H2,17,18,21)/t13-/m1/s1. The molecule has 23 heavy (non-hydrogen) atoms. The number of carbonyl (C=O) groups is 1. The molecular weight excluding hydrogens is 298 g/mol. The maximum absolute atomic E-state index is 12.2. The third kappa shape index (κ3) is 4.06. The Balaban J connectivity index is 2.05. The van der Waals surface area contributed by atoms with E-state index in [0.29, 0.717) is 5.69 Å². The number of imidazole rings is 1. The fourth-order valence-electron chi connectivity index (χ4n) is 2.18. The molecule has 0 aliphatic heterocycles. The smallest absolute Gasteiger partial charge is 0.319 e. The normalized spacial score (nSPS) is 12.0. The Labute approximate surface area is 133 Å². The first kappa shape index (κ1) is 16.5. The van der Waals surface area contributed by atoms with Gasteiger partial charge in [-0.25, -0.2) is 9.78 Å². The van der Waals surface area contributed by atoms with E-state index in [9.17, 15) is 14.9 Å². The number of amides is 2. The Morgan fingerprint density at radius 3 is 2.43 bits per heavy atom. The highest BCUT2D eigenvalue weighted by Crippen LogP contribution is 2.20. The summed E-state index contributed by atoms with van der Waals surface area (Å²) in [5.41, 5.74) is 0.458. The molecule has 0 saturated heterocycles. The molecule has 0 fully saturated rings. The molecule has 0 saturated carbocycles. The first-order valence-electron chi connectivity index (χ1n) is 7.17. The molecule has 8 heteroatoms. The van der Waals surface area contributed by atoms with E-state index < -0.39 is 4.92 Å². The van der Waals surface area contributed by atoms with Crippen LogP contribution in [-0.4, -0.2) is 20.5 Å². The van der Waals surface area contributed by atoms with E-state index in [-0.39, 0.29) is 23.7 Å². The number of carbonyl (C=O) groups excluding carboxylic acids is 1. The van der Waals surface area contributed by atoms with Crippen LogP contribution >= 0.6 is 0 Å². The zero-order valence-electron chi connectivity index (χ0n) is 13.2. The molecule has 0 bridgehead atoms. The molecule has 0 radical (unpaired) electrons. The molecule has 0 aliphatic rings. The highest BCUT2D eigenvalue weighted by atomic mass is 16.6. The van der Waals surface area contributed by atoms with E-state index in [2.05, 4.69) is 15.6 Å². The van der Waals surface area contributed by atoms with E-state index in [1.54, 1.807) is 6.20 Å². The lowest BCUT2D eigenvalue weighted by atomic mass is 10.0. The van der Waals surface area contributed by atoms with Gasteiger partial charge >= 0.3 is 6.03 Å². The third-order valence-corrected chi connectivity index (χ3v) is 3.43. The van der Waals surface area contributed by atoms with Gasteiger partial charge in [-0.3, -0.25) is 10.1 Å². The number of anilines is 1. The molecule has 1 atom stereocenters. The second-order valence-corrected chi connectivity index (χ2v) is 5.52. The van der Waals surface area contributed by atoms with Gasteiger partial charge in [0, 0.05) is 37.3 Å². The average molecular weight is 317 g/mol. The number of hydrogen-bond donors (Lipinski definition) is 2. The number of nitrogens with zero attached hydrogens (tertiary/aromatic N) is 3. The minimum absolute atomic E-state index is 0.0241. The fourth-order valence-corrected chi connectivity index (χ4v) is 2.18. The van der Waals surface area contributed by atoms with Crippen LogP contribution in [0.1, 0.15) is 25.7 Å². The summed E-state index contributed by atoms with van der Waals surface area (Å²) in [5, 5.41) is 16.2. The summed E-state index contributed by atoms with van der Waals surface area (Å²) in [6, 6.07) is 5.03. The summed E-state index contributed by atoms with van der Waals surface area (Å²) in [7, 11) is 1.87. The maximum atomic E-state index is 12.2. The molecule has 2 aromatic rings. The highest BCUT2D eigenvalue weighted by molar-refractivity contribution is 5.89. The Morgan fingerprint density at radius 2 is 1.96 bits per heavy atom. The van der Waals surface area contributed by atoms with Crippen molar-refractivity contribution in [2.24, 2.45) is 13.0 Å². The number of nitro benzene ring substituents is 1. The summed E-state index contributed by atoms with van der Waals surface area (Å²) >= 11 is 0. The number of nitro groups is 1. The van der Waals surface area contributed by atoms with Crippen molar-refractivity contribution in [3.63, 3.8) is 0 Å². The van der Waals surface area contributed by atoms with Crippen LogP contribution in [0, 0.1) is 16.0 Å². The molecule has 1 aromatic carbocycles. The monoisotopic (exact) mass is 317 g/mol. The molecule has 122 valence electrons. The zero-order valence-corrected chi connectivity index (χ0v) is 13.2. The summed E-state index contributed by atoms with van der Waals surface area (Å²) in [6.07, 6.45) is 3.50. The fraction of sp³-hybridized carbons (Fsp3) is 0.333. The van der Waals surface area contributed by atoms with Crippen LogP contribution in [0.15, 0.2) is 36.7 Å². The average Bonchev–Trinajstić information content (AvgIpc) is 2.91. The lowest BCUT2D eigenvalue weighted by Gasteiger charge is -2.22. The lowest BCUT2D eigenvalue weighted by Crippen LogP contribution is -2.36. The molecule has 8 nitrogen and oxygen atoms in total. The summed E-state index contributed by atoms with van der Waals surface area (Å²) in [4.78, 5) is 26.6. The van der Waals surface area contributed by atoms with E-state index in [1.165, 1.54) is 24.3 Å². The molecular formula is C15H19N5O3. The Bertz CT molecular complexity index is 693. The van der Waals surface area contributed by atoms with E-state index in [0.717, 1.165) is 5.82 Å². The third-order valence-electron chi connectivity index (χ3n) is 3.43. The Morgan fingerprint density at radius 1 is 1.30 bits per heavy atom. The van der Waals surface area contributed by atoms with Crippen molar-refractivity contribution in [1.82, 2.24) is 14.9 Å². The molecule has 2 amide bonds. The number of rotatable bonds is 5. The molecule has 0 aliphatic carbocycles. The minimum Gasteiger partial charge on any atom is -0.336 e.